The lowest BCUT2D eigenvalue weighted by Crippen LogP contribution is -2.31. The highest BCUT2D eigenvalue weighted by Gasteiger charge is 2.32. The van der Waals surface area contributed by atoms with E-state index in [1.165, 1.54) is 0 Å². The van der Waals surface area contributed by atoms with Crippen LogP contribution in [0.25, 0.3) is 0 Å². The number of hydrogen-bond donors (Lipinski definition) is 2. The molecule has 1 fully saturated rings. The SMILES string of the molecule is CC(C)(C)n1nc(C(=O)NC(CO)c2ccccc2)cc1C1CC1. The van der Waals surface area contributed by atoms with Gasteiger partial charge in [-0.2, -0.15) is 5.10 Å². The normalized spacial score (nSPS) is 16.0. The van der Waals surface area contributed by atoms with Gasteiger partial charge in [-0.25, -0.2) is 0 Å². The number of aromatic nitrogens is 2. The Labute approximate surface area is 142 Å². The molecule has 1 aliphatic rings. The quantitative estimate of drug-likeness (QED) is 0.887. The molecule has 2 aromatic rings. The van der Waals surface area contributed by atoms with Crippen LogP contribution in [0.15, 0.2) is 36.4 Å². The molecule has 0 bridgehead atoms. The van der Waals surface area contributed by atoms with Crippen molar-refractivity contribution < 1.29 is 9.90 Å². The number of carbonyl (C=O) groups is 1. The van der Waals surface area contributed by atoms with Gasteiger partial charge in [0.1, 0.15) is 5.69 Å². The molecule has 0 saturated heterocycles. The maximum absolute atomic E-state index is 12.6. The van der Waals surface area contributed by atoms with Gasteiger partial charge in [0.15, 0.2) is 0 Å². The van der Waals surface area contributed by atoms with E-state index in [1.54, 1.807) is 0 Å². The van der Waals surface area contributed by atoms with E-state index >= 15 is 0 Å². The summed E-state index contributed by atoms with van der Waals surface area (Å²) in [6.45, 7) is 6.13. The zero-order valence-corrected chi connectivity index (χ0v) is 14.5. The van der Waals surface area contributed by atoms with E-state index in [2.05, 4.69) is 31.2 Å². The highest BCUT2D eigenvalue weighted by molar-refractivity contribution is 5.92. The Morgan fingerprint density at radius 1 is 1.33 bits per heavy atom. The summed E-state index contributed by atoms with van der Waals surface area (Å²) in [5.41, 5.74) is 2.27. The summed E-state index contributed by atoms with van der Waals surface area (Å²) < 4.78 is 1.97. The lowest BCUT2D eigenvalue weighted by atomic mass is 10.1. The van der Waals surface area contributed by atoms with Crippen molar-refractivity contribution in [1.29, 1.82) is 0 Å². The molecule has 1 heterocycles. The third kappa shape index (κ3) is 3.51. The van der Waals surface area contributed by atoms with Crippen LogP contribution in [-0.2, 0) is 5.54 Å². The molecule has 128 valence electrons. The van der Waals surface area contributed by atoms with Crippen molar-refractivity contribution >= 4 is 5.91 Å². The molecule has 0 radical (unpaired) electrons. The topological polar surface area (TPSA) is 67.2 Å². The van der Waals surface area contributed by atoms with Gasteiger partial charge in [-0.3, -0.25) is 9.48 Å². The first-order chi connectivity index (χ1) is 11.4. The predicted octanol–water partition coefficient (Wildman–Crippen LogP) is 2.98. The van der Waals surface area contributed by atoms with Crippen LogP contribution in [0.3, 0.4) is 0 Å². The number of rotatable bonds is 5. The predicted molar refractivity (Wildman–Crippen MR) is 92.9 cm³/mol. The number of aliphatic hydroxyl groups is 1. The van der Waals surface area contributed by atoms with E-state index in [0.29, 0.717) is 11.6 Å². The Morgan fingerprint density at radius 2 is 2.00 bits per heavy atom. The van der Waals surface area contributed by atoms with E-state index in [4.69, 9.17) is 0 Å². The summed E-state index contributed by atoms with van der Waals surface area (Å²) in [6, 6.07) is 11.0. The van der Waals surface area contributed by atoms with Crippen LogP contribution in [-0.4, -0.2) is 27.4 Å². The standard InChI is InChI=1S/C19H25N3O2/c1-19(2,3)22-17(14-9-10-14)11-15(21-22)18(24)20-16(12-23)13-7-5-4-6-8-13/h4-8,11,14,16,23H,9-10,12H2,1-3H3,(H,20,24). The van der Waals surface area contributed by atoms with E-state index in [9.17, 15) is 9.90 Å². The monoisotopic (exact) mass is 327 g/mol. The van der Waals surface area contributed by atoms with E-state index in [-0.39, 0.29) is 18.1 Å². The van der Waals surface area contributed by atoms with Crippen LogP contribution >= 0.6 is 0 Å². The summed E-state index contributed by atoms with van der Waals surface area (Å²) in [7, 11) is 0. The molecule has 1 atom stereocenters. The number of aliphatic hydroxyl groups excluding tert-OH is 1. The number of benzene rings is 1. The summed E-state index contributed by atoms with van der Waals surface area (Å²) >= 11 is 0. The Bertz CT molecular complexity index is 712. The molecule has 5 nitrogen and oxygen atoms in total. The maximum atomic E-state index is 12.6. The summed E-state index contributed by atoms with van der Waals surface area (Å²) in [5.74, 6) is 0.267. The maximum Gasteiger partial charge on any atom is 0.272 e. The van der Waals surface area contributed by atoms with Crippen LogP contribution < -0.4 is 5.32 Å². The average Bonchev–Trinajstić information content (AvgIpc) is 3.30. The zero-order chi connectivity index (χ0) is 17.3. The zero-order valence-electron chi connectivity index (χ0n) is 14.5. The molecule has 2 N–H and O–H groups in total. The Hall–Kier alpha value is -2.14. The Kier molecular flexibility index (Phi) is 4.45. The van der Waals surface area contributed by atoms with Crippen molar-refractivity contribution in [3.63, 3.8) is 0 Å². The van der Waals surface area contributed by atoms with E-state index in [0.717, 1.165) is 24.1 Å². The van der Waals surface area contributed by atoms with Crippen molar-refractivity contribution in [1.82, 2.24) is 15.1 Å². The summed E-state index contributed by atoms with van der Waals surface area (Å²) in [6.07, 6.45) is 2.32. The molecule has 1 aliphatic carbocycles. The Balaban J connectivity index is 1.82. The first kappa shape index (κ1) is 16.7. The van der Waals surface area contributed by atoms with Crippen molar-refractivity contribution in [2.45, 2.75) is 51.1 Å². The van der Waals surface area contributed by atoms with Crippen molar-refractivity contribution in [3.8, 4) is 0 Å². The lowest BCUT2D eigenvalue weighted by molar-refractivity contribution is 0.0909. The number of hydrogen-bond acceptors (Lipinski definition) is 3. The van der Waals surface area contributed by atoms with E-state index in [1.807, 2.05) is 41.1 Å². The van der Waals surface area contributed by atoms with Gasteiger partial charge < -0.3 is 10.4 Å². The minimum atomic E-state index is -0.428. The molecular formula is C19H25N3O2. The summed E-state index contributed by atoms with van der Waals surface area (Å²) in [4.78, 5) is 12.6. The lowest BCUT2D eigenvalue weighted by Gasteiger charge is -2.22. The molecule has 3 rings (SSSR count). The van der Waals surface area contributed by atoms with Gasteiger partial charge in [-0.15, -0.1) is 0 Å². The minimum Gasteiger partial charge on any atom is -0.394 e. The fourth-order valence-electron chi connectivity index (χ4n) is 2.87. The highest BCUT2D eigenvalue weighted by Crippen LogP contribution is 2.41. The van der Waals surface area contributed by atoms with Crippen molar-refractivity contribution in [2.24, 2.45) is 0 Å². The average molecular weight is 327 g/mol. The summed E-state index contributed by atoms with van der Waals surface area (Å²) in [5, 5.41) is 17.1. The smallest absolute Gasteiger partial charge is 0.272 e. The molecule has 5 heteroatoms. The van der Waals surface area contributed by atoms with Gasteiger partial charge in [0.25, 0.3) is 5.91 Å². The van der Waals surface area contributed by atoms with Crippen LogP contribution in [0.4, 0.5) is 0 Å². The van der Waals surface area contributed by atoms with Gasteiger partial charge in [0.05, 0.1) is 18.2 Å². The number of carbonyl (C=O) groups excluding carboxylic acids is 1. The van der Waals surface area contributed by atoms with Gasteiger partial charge in [-0.05, 0) is 45.2 Å². The second kappa shape index (κ2) is 6.40. The molecule has 1 saturated carbocycles. The van der Waals surface area contributed by atoms with E-state index < -0.39 is 6.04 Å². The second-order valence-electron chi connectivity index (χ2n) is 7.43. The third-order valence-electron chi connectivity index (χ3n) is 4.29. The van der Waals surface area contributed by atoms with Crippen LogP contribution in [0.1, 0.15) is 67.3 Å². The molecular weight excluding hydrogens is 302 g/mol. The molecule has 1 aromatic carbocycles. The molecule has 1 unspecified atom stereocenters. The fourth-order valence-corrected chi connectivity index (χ4v) is 2.87. The largest absolute Gasteiger partial charge is 0.394 e. The number of amides is 1. The van der Waals surface area contributed by atoms with Gasteiger partial charge in [-0.1, -0.05) is 30.3 Å². The van der Waals surface area contributed by atoms with Crippen molar-refractivity contribution in [2.75, 3.05) is 6.61 Å². The van der Waals surface area contributed by atoms with Crippen LogP contribution in [0, 0.1) is 0 Å². The fraction of sp³-hybridized carbons (Fsp3) is 0.474. The molecule has 0 aliphatic heterocycles. The minimum absolute atomic E-state index is 0.148. The number of nitrogens with one attached hydrogen (secondary N) is 1. The first-order valence-electron chi connectivity index (χ1n) is 8.47. The highest BCUT2D eigenvalue weighted by atomic mass is 16.3. The van der Waals surface area contributed by atoms with Gasteiger partial charge >= 0.3 is 0 Å². The molecule has 0 spiro atoms. The van der Waals surface area contributed by atoms with Crippen molar-refractivity contribution in [3.05, 3.63) is 53.3 Å². The molecule has 1 aromatic heterocycles. The third-order valence-corrected chi connectivity index (χ3v) is 4.29. The molecule has 24 heavy (non-hydrogen) atoms. The van der Waals surface area contributed by atoms with Crippen LogP contribution in [0.5, 0.6) is 0 Å². The second-order valence-corrected chi connectivity index (χ2v) is 7.43. The Morgan fingerprint density at radius 3 is 2.54 bits per heavy atom. The van der Waals surface area contributed by atoms with Gasteiger partial charge in [0.2, 0.25) is 0 Å². The number of nitrogens with zero attached hydrogens (tertiary/aromatic N) is 2. The first-order valence-corrected chi connectivity index (χ1v) is 8.47. The molecule has 1 amide bonds. The van der Waals surface area contributed by atoms with Gasteiger partial charge in [0, 0.05) is 11.6 Å². The van der Waals surface area contributed by atoms with Crippen LogP contribution in [0.2, 0.25) is 0 Å².